The van der Waals surface area contributed by atoms with Gasteiger partial charge in [-0.15, -0.1) is 11.3 Å². The van der Waals surface area contributed by atoms with E-state index in [-0.39, 0.29) is 24.0 Å². The first-order chi connectivity index (χ1) is 3.43. The Balaban J connectivity index is 0.000000490. The zero-order chi connectivity index (χ0) is 5.11. The first-order valence-corrected chi connectivity index (χ1v) is 3.13. The molecule has 1 heterocycles. The molecule has 8 heavy (non-hydrogen) atoms. The molecular formula is C5H8INS. The van der Waals surface area contributed by atoms with Crippen LogP contribution in [-0.4, -0.2) is 0 Å². The lowest BCUT2D eigenvalue weighted by Crippen LogP contribution is -3.00. The Kier molecular flexibility index (Phi) is 4.50. The molecule has 0 saturated heterocycles. The number of thiophene rings is 1. The number of rotatable bonds is 1. The fourth-order valence-corrected chi connectivity index (χ4v) is 1.06. The molecule has 3 heteroatoms. The highest BCUT2D eigenvalue weighted by atomic mass is 127. The van der Waals surface area contributed by atoms with E-state index in [2.05, 4.69) is 17.2 Å². The van der Waals surface area contributed by atoms with Gasteiger partial charge in [-0.3, -0.25) is 0 Å². The Labute approximate surface area is 69.9 Å². The van der Waals surface area contributed by atoms with Gasteiger partial charge in [0, 0.05) is 0 Å². The van der Waals surface area contributed by atoms with Gasteiger partial charge in [0.25, 0.3) is 0 Å². The van der Waals surface area contributed by atoms with Gasteiger partial charge < -0.3 is 29.7 Å². The number of hydrogen-bond acceptors (Lipinski definition) is 1. The predicted molar refractivity (Wildman–Crippen MR) is 30.9 cm³/mol. The topological polar surface area (TPSA) is 27.6 Å². The van der Waals surface area contributed by atoms with Gasteiger partial charge in [-0.25, -0.2) is 0 Å². The van der Waals surface area contributed by atoms with Crippen molar-refractivity contribution in [1.29, 1.82) is 0 Å². The monoisotopic (exact) mass is 241 g/mol. The summed E-state index contributed by atoms with van der Waals surface area (Å²) < 4.78 is 0. The Morgan fingerprint density at radius 3 is 2.62 bits per heavy atom. The highest BCUT2D eigenvalue weighted by molar-refractivity contribution is 7.09. The van der Waals surface area contributed by atoms with Crippen molar-refractivity contribution in [3.05, 3.63) is 22.4 Å². The van der Waals surface area contributed by atoms with E-state index in [9.17, 15) is 0 Å². The smallest absolute Gasteiger partial charge is 0.109 e. The molecule has 1 aromatic heterocycles. The summed E-state index contributed by atoms with van der Waals surface area (Å²) in [4.78, 5) is 1.36. The van der Waals surface area contributed by atoms with Crippen molar-refractivity contribution in [2.45, 2.75) is 6.54 Å². The zero-order valence-electron chi connectivity index (χ0n) is 4.43. The third kappa shape index (κ3) is 2.11. The molecule has 0 radical (unpaired) electrons. The van der Waals surface area contributed by atoms with Gasteiger partial charge in [-0.05, 0) is 11.4 Å². The van der Waals surface area contributed by atoms with Gasteiger partial charge >= 0.3 is 0 Å². The molecule has 0 aliphatic rings. The fourth-order valence-electron chi connectivity index (χ4n) is 0.455. The molecular weight excluding hydrogens is 233 g/mol. The van der Waals surface area contributed by atoms with Crippen molar-refractivity contribution >= 4 is 11.3 Å². The summed E-state index contributed by atoms with van der Waals surface area (Å²) in [7, 11) is 0. The van der Waals surface area contributed by atoms with Crippen LogP contribution in [0.25, 0.3) is 0 Å². The fraction of sp³-hybridized carbons (Fsp3) is 0.200. The van der Waals surface area contributed by atoms with Crippen LogP contribution in [0.15, 0.2) is 17.5 Å². The third-order valence-corrected chi connectivity index (χ3v) is 1.76. The largest absolute Gasteiger partial charge is 1.00 e. The highest BCUT2D eigenvalue weighted by Crippen LogP contribution is 2.04. The minimum absolute atomic E-state index is 0. The maximum absolute atomic E-state index is 3.74. The van der Waals surface area contributed by atoms with Crippen LogP contribution in [-0.2, 0) is 6.54 Å². The normalized spacial score (nSPS) is 8.12. The molecule has 1 nitrogen and oxygen atoms in total. The quantitative estimate of drug-likeness (QED) is 0.526. The average molecular weight is 241 g/mol. The molecule has 0 aliphatic heterocycles. The van der Waals surface area contributed by atoms with E-state index in [4.69, 9.17) is 0 Å². The second-order valence-corrected chi connectivity index (χ2v) is 2.36. The molecule has 0 atom stereocenters. The zero-order valence-corrected chi connectivity index (χ0v) is 7.41. The maximum Gasteiger partial charge on any atom is 0.109 e. The van der Waals surface area contributed by atoms with Crippen molar-refractivity contribution < 1.29 is 29.7 Å². The Bertz CT molecular complexity index is 127. The summed E-state index contributed by atoms with van der Waals surface area (Å²) in [5, 5.41) is 2.07. The molecule has 3 N–H and O–H groups in total. The van der Waals surface area contributed by atoms with E-state index in [1.807, 2.05) is 6.07 Å². The number of halogens is 1. The van der Waals surface area contributed by atoms with Crippen molar-refractivity contribution in [1.82, 2.24) is 0 Å². The Morgan fingerprint density at radius 2 is 2.38 bits per heavy atom. The van der Waals surface area contributed by atoms with Crippen LogP contribution in [0.5, 0.6) is 0 Å². The molecule has 0 aromatic carbocycles. The standard InChI is InChI=1S/C5H7NS.HI/c6-4-5-2-1-3-7-5;/h1-3H,4,6H2;1H. The van der Waals surface area contributed by atoms with E-state index in [0.717, 1.165) is 6.54 Å². The average Bonchev–Trinajstić information content (AvgIpc) is 2.14. The molecule has 46 valence electrons. The molecule has 0 amide bonds. The maximum atomic E-state index is 3.74. The van der Waals surface area contributed by atoms with Crippen molar-refractivity contribution in [2.24, 2.45) is 0 Å². The summed E-state index contributed by atoms with van der Waals surface area (Å²) in [6.45, 7) is 0.928. The van der Waals surface area contributed by atoms with Gasteiger partial charge in [0.2, 0.25) is 0 Å². The van der Waals surface area contributed by atoms with Crippen molar-refractivity contribution in [2.75, 3.05) is 0 Å². The van der Waals surface area contributed by atoms with Gasteiger partial charge in [-0.2, -0.15) is 0 Å². The van der Waals surface area contributed by atoms with E-state index < -0.39 is 0 Å². The van der Waals surface area contributed by atoms with Crippen molar-refractivity contribution in [3.63, 3.8) is 0 Å². The molecule has 0 fully saturated rings. The van der Waals surface area contributed by atoms with Crippen molar-refractivity contribution in [3.8, 4) is 0 Å². The minimum atomic E-state index is 0. The lowest BCUT2D eigenvalue weighted by molar-refractivity contribution is -0.385. The first kappa shape index (κ1) is 8.39. The second-order valence-electron chi connectivity index (χ2n) is 1.33. The molecule has 0 unspecified atom stereocenters. The van der Waals surface area contributed by atoms with E-state index >= 15 is 0 Å². The highest BCUT2D eigenvalue weighted by Gasteiger charge is 1.85. The summed E-state index contributed by atoms with van der Waals surface area (Å²) in [5.41, 5.74) is 3.74. The van der Waals surface area contributed by atoms with E-state index in [1.165, 1.54) is 4.88 Å². The molecule has 1 rings (SSSR count). The van der Waals surface area contributed by atoms with Crippen LogP contribution in [0.3, 0.4) is 0 Å². The predicted octanol–water partition coefficient (Wildman–Crippen LogP) is -2.51. The summed E-state index contributed by atoms with van der Waals surface area (Å²) in [6.07, 6.45) is 0. The lowest BCUT2D eigenvalue weighted by atomic mass is 10.5. The van der Waals surface area contributed by atoms with E-state index in [1.54, 1.807) is 11.3 Å². The van der Waals surface area contributed by atoms with Crippen LogP contribution in [0.4, 0.5) is 0 Å². The van der Waals surface area contributed by atoms with Crippen LogP contribution in [0.2, 0.25) is 0 Å². The van der Waals surface area contributed by atoms with Crippen LogP contribution >= 0.6 is 11.3 Å². The summed E-state index contributed by atoms with van der Waals surface area (Å²) in [6, 6.07) is 4.14. The van der Waals surface area contributed by atoms with Crippen LogP contribution < -0.4 is 29.7 Å². The van der Waals surface area contributed by atoms with Gasteiger partial charge in [-0.1, -0.05) is 6.07 Å². The molecule has 0 bridgehead atoms. The van der Waals surface area contributed by atoms with Crippen LogP contribution in [0, 0.1) is 0 Å². The molecule has 0 aliphatic carbocycles. The second kappa shape index (κ2) is 4.29. The SMILES string of the molecule is [I-].[NH3+]Cc1cccs1. The summed E-state index contributed by atoms with van der Waals surface area (Å²) >= 11 is 1.76. The summed E-state index contributed by atoms with van der Waals surface area (Å²) in [5.74, 6) is 0. The first-order valence-electron chi connectivity index (χ1n) is 2.25. The molecule has 0 spiro atoms. The third-order valence-electron chi connectivity index (χ3n) is 0.827. The molecule has 0 saturated carbocycles. The number of hydrogen-bond donors (Lipinski definition) is 1. The minimum Gasteiger partial charge on any atom is -1.00 e. The Hall–Kier alpha value is 0.390. The molecule has 1 aromatic rings. The van der Waals surface area contributed by atoms with Gasteiger partial charge in [0.15, 0.2) is 0 Å². The van der Waals surface area contributed by atoms with Crippen LogP contribution in [0.1, 0.15) is 4.88 Å². The van der Waals surface area contributed by atoms with Gasteiger partial charge in [0.05, 0.1) is 4.88 Å². The van der Waals surface area contributed by atoms with Gasteiger partial charge in [0.1, 0.15) is 6.54 Å². The number of quaternary nitrogens is 1. The van der Waals surface area contributed by atoms with E-state index in [0.29, 0.717) is 0 Å². The lowest BCUT2D eigenvalue weighted by Gasteiger charge is -1.76. The Morgan fingerprint density at radius 1 is 1.62 bits per heavy atom.